The first-order valence-electron chi connectivity index (χ1n) is 8.88. The first kappa shape index (κ1) is 20.1. The lowest BCUT2D eigenvalue weighted by atomic mass is 10.1. The number of hydrogen-bond donors (Lipinski definition) is 1. The Morgan fingerprint density at radius 3 is 2.00 bits per heavy atom. The van der Waals surface area contributed by atoms with Gasteiger partial charge in [-0.05, 0) is 25.7 Å². The fourth-order valence-corrected chi connectivity index (χ4v) is 2.45. The van der Waals surface area contributed by atoms with Gasteiger partial charge in [0.2, 0.25) is 5.91 Å². The standard InChI is InChI=1S/C18H36N2O/c1-5-6-7-8-9-10-11-12-13-14-18(21)20-19-17(4)15-16(2)3/h16H,5-15H2,1-4H3,(H,20,21). The van der Waals surface area contributed by atoms with Gasteiger partial charge in [-0.3, -0.25) is 4.79 Å². The van der Waals surface area contributed by atoms with E-state index >= 15 is 0 Å². The highest BCUT2D eigenvalue weighted by molar-refractivity contribution is 5.84. The van der Waals surface area contributed by atoms with E-state index in [2.05, 4.69) is 31.3 Å². The number of nitrogens with zero attached hydrogens (tertiary/aromatic N) is 1. The summed E-state index contributed by atoms with van der Waals surface area (Å²) in [6.07, 6.45) is 13.1. The van der Waals surface area contributed by atoms with Crippen LogP contribution in [0.15, 0.2) is 5.10 Å². The van der Waals surface area contributed by atoms with Crippen molar-refractivity contribution in [1.82, 2.24) is 5.43 Å². The number of amides is 1. The summed E-state index contributed by atoms with van der Waals surface area (Å²) in [5.41, 5.74) is 3.67. The molecule has 0 aliphatic carbocycles. The Morgan fingerprint density at radius 2 is 1.48 bits per heavy atom. The van der Waals surface area contributed by atoms with Crippen LogP contribution in [-0.2, 0) is 4.79 Å². The van der Waals surface area contributed by atoms with E-state index in [1.54, 1.807) is 0 Å². The molecule has 0 radical (unpaired) electrons. The van der Waals surface area contributed by atoms with Gasteiger partial charge >= 0.3 is 0 Å². The molecule has 0 fully saturated rings. The third kappa shape index (κ3) is 15.3. The van der Waals surface area contributed by atoms with Crippen molar-refractivity contribution in [2.24, 2.45) is 11.0 Å². The molecule has 0 heterocycles. The average Bonchev–Trinajstić information content (AvgIpc) is 2.42. The molecule has 0 aliphatic rings. The Labute approximate surface area is 132 Å². The van der Waals surface area contributed by atoms with E-state index in [1.807, 2.05) is 6.92 Å². The summed E-state index contributed by atoms with van der Waals surface area (Å²) in [7, 11) is 0. The van der Waals surface area contributed by atoms with Crippen molar-refractivity contribution in [2.75, 3.05) is 0 Å². The van der Waals surface area contributed by atoms with Crippen LogP contribution in [0.3, 0.4) is 0 Å². The summed E-state index contributed by atoms with van der Waals surface area (Å²) >= 11 is 0. The zero-order chi connectivity index (χ0) is 15.9. The molecule has 0 saturated heterocycles. The van der Waals surface area contributed by atoms with Gasteiger partial charge in [-0.2, -0.15) is 5.10 Å². The second-order valence-electron chi connectivity index (χ2n) is 6.56. The maximum atomic E-state index is 11.6. The van der Waals surface area contributed by atoms with Gasteiger partial charge < -0.3 is 0 Å². The first-order valence-corrected chi connectivity index (χ1v) is 8.88. The summed E-state index contributed by atoms with van der Waals surface area (Å²) in [6, 6.07) is 0. The van der Waals surface area contributed by atoms with E-state index in [9.17, 15) is 4.79 Å². The van der Waals surface area contributed by atoms with E-state index in [1.165, 1.54) is 44.9 Å². The lowest BCUT2D eigenvalue weighted by Crippen LogP contribution is -2.18. The molecule has 3 nitrogen and oxygen atoms in total. The van der Waals surface area contributed by atoms with Crippen LogP contribution in [0.2, 0.25) is 0 Å². The highest BCUT2D eigenvalue weighted by Gasteiger charge is 2.01. The smallest absolute Gasteiger partial charge is 0.240 e. The normalized spacial score (nSPS) is 12.0. The maximum absolute atomic E-state index is 11.6. The predicted octanol–water partition coefficient (Wildman–Crippen LogP) is 5.45. The molecule has 3 heteroatoms. The second-order valence-corrected chi connectivity index (χ2v) is 6.56. The van der Waals surface area contributed by atoms with Gasteiger partial charge in [-0.1, -0.05) is 72.1 Å². The predicted molar refractivity (Wildman–Crippen MR) is 92.6 cm³/mol. The van der Waals surface area contributed by atoms with Crippen molar-refractivity contribution in [2.45, 2.75) is 98.3 Å². The lowest BCUT2D eigenvalue weighted by Gasteiger charge is -2.05. The summed E-state index contributed by atoms with van der Waals surface area (Å²) < 4.78 is 0. The third-order valence-corrected chi connectivity index (χ3v) is 3.58. The zero-order valence-electron chi connectivity index (χ0n) is 14.7. The van der Waals surface area contributed by atoms with E-state index in [0.29, 0.717) is 12.3 Å². The number of nitrogens with one attached hydrogen (secondary N) is 1. The highest BCUT2D eigenvalue weighted by Crippen LogP contribution is 2.10. The van der Waals surface area contributed by atoms with Crippen molar-refractivity contribution in [1.29, 1.82) is 0 Å². The van der Waals surface area contributed by atoms with Gasteiger partial charge in [0.05, 0.1) is 0 Å². The largest absolute Gasteiger partial charge is 0.273 e. The summed E-state index contributed by atoms with van der Waals surface area (Å²) in [5.74, 6) is 0.643. The van der Waals surface area contributed by atoms with Crippen LogP contribution in [0.25, 0.3) is 0 Å². The molecule has 0 spiro atoms. The lowest BCUT2D eigenvalue weighted by molar-refractivity contribution is -0.121. The number of carbonyl (C=O) groups is 1. The van der Waals surface area contributed by atoms with Crippen molar-refractivity contribution in [3.63, 3.8) is 0 Å². The quantitative estimate of drug-likeness (QED) is 0.274. The number of hydrogen-bond acceptors (Lipinski definition) is 2. The third-order valence-electron chi connectivity index (χ3n) is 3.58. The molecule has 0 unspecified atom stereocenters. The molecule has 21 heavy (non-hydrogen) atoms. The Morgan fingerprint density at radius 1 is 0.952 bits per heavy atom. The Kier molecular flexibility index (Phi) is 13.5. The molecule has 0 saturated carbocycles. The minimum atomic E-state index is 0.0565. The minimum absolute atomic E-state index is 0.0565. The Hall–Kier alpha value is -0.860. The molecule has 0 aliphatic heterocycles. The average molecular weight is 296 g/mol. The van der Waals surface area contributed by atoms with Crippen LogP contribution < -0.4 is 5.43 Å². The Bertz CT molecular complexity index is 285. The molecule has 124 valence electrons. The molecular formula is C18H36N2O. The van der Waals surface area contributed by atoms with E-state index in [4.69, 9.17) is 0 Å². The van der Waals surface area contributed by atoms with Crippen molar-refractivity contribution in [3.05, 3.63) is 0 Å². The minimum Gasteiger partial charge on any atom is -0.273 e. The van der Waals surface area contributed by atoms with Gasteiger partial charge in [-0.15, -0.1) is 0 Å². The fourth-order valence-electron chi connectivity index (χ4n) is 2.45. The maximum Gasteiger partial charge on any atom is 0.240 e. The van der Waals surface area contributed by atoms with Crippen LogP contribution >= 0.6 is 0 Å². The van der Waals surface area contributed by atoms with E-state index < -0.39 is 0 Å². The molecule has 0 atom stereocenters. The number of hydrazone groups is 1. The van der Waals surface area contributed by atoms with Crippen molar-refractivity contribution >= 4 is 11.6 Å². The van der Waals surface area contributed by atoms with Gasteiger partial charge in [0, 0.05) is 12.1 Å². The van der Waals surface area contributed by atoms with Crippen LogP contribution in [-0.4, -0.2) is 11.6 Å². The van der Waals surface area contributed by atoms with Gasteiger partial charge in [0.1, 0.15) is 0 Å². The molecule has 0 rings (SSSR count). The van der Waals surface area contributed by atoms with Crippen LogP contribution in [0.5, 0.6) is 0 Å². The summed E-state index contributed by atoms with van der Waals surface area (Å²) in [5, 5.41) is 4.14. The number of rotatable bonds is 13. The molecule has 1 N–H and O–H groups in total. The van der Waals surface area contributed by atoms with Gasteiger partial charge in [-0.25, -0.2) is 5.43 Å². The fraction of sp³-hybridized carbons (Fsp3) is 0.889. The molecule has 1 amide bonds. The second kappa shape index (κ2) is 14.1. The molecule has 0 aromatic heterocycles. The van der Waals surface area contributed by atoms with E-state index in [0.717, 1.165) is 25.0 Å². The highest BCUT2D eigenvalue weighted by atomic mass is 16.2. The molecular weight excluding hydrogens is 260 g/mol. The Balaban J connectivity index is 3.42. The molecule has 0 aromatic rings. The van der Waals surface area contributed by atoms with Gasteiger partial charge in [0.15, 0.2) is 0 Å². The number of carbonyl (C=O) groups excluding carboxylic acids is 1. The monoisotopic (exact) mass is 296 g/mol. The molecule has 0 bridgehead atoms. The first-order chi connectivity index (χ1) is 10.1. The topological polar surface area (TPSA) is 41.5 Å². The van der Waals surface area contributed by atoms with Crippen LogP contribution in [0, 0.1) is 5.92 Å². The summed E-state index contributed by atoms with van der Waals surface area (Å²) in [6.45, 7) is 8.53. The SMILES string of the molecule is CCCCCCCCCCCC(=O)NN=C(C)CC(C)C. The van der Waals surface area contributed by atoms with Crippen molar-refractivity contribution in [3.8, 4) is 0 Å². The molecule has 0 aromatic carbocycles. The van der Waals surface area contributed by atoms with E-state index in [-0.39, 0.29) is 5.91 Å². The zero-order valence-corrected chi connectivity index (χ0v) is 14.7. The number of unbranched alkanes of at least 4 members (excludes halogenated alkanes) is 8. The van der Waals surface area contributed by atoms with Crippen LogP contribution in [0.1, 0.15) is 98.3 Å². The van der Waals surface area contributed by atoms with Gasteiger partial charge in [0.25, 0.3) is 0 Å². The summed E-state index contributed by atoms with van der Waals surface area (Å²) in [4.78, 5) is 11.6. The van der Waals surface area contributed by atoms with Crippen molar-refractivity contribution < 1.29 is 4.79 Å². The van der Waals surface area contributed by atoms with Crippen LogP contribution in [0.4, 0.5) is 0 Å².